The SMILES string of the molecule is CCC(C)C(NC(=O)C1CC(=O)N(c2ccc(C)cc2)C1)C(=O)O. The van der Waals surface area contributed by atoms with Gasteiger partial charge in [-0.05, 0) is 25.0 Å². The number of carbonyl (C=O) groups excluding carboxylic acids is 2. The molecule has 1 fully saturated rings. The van der Waals surface area contributed by atoms with Crippen molar-refractivity contribution in [2.45, 2.75) is 39.7 Å². The summed E-state index contributed by atoms with van der Waals surface area (Å²) in [5.41, 5.74) is 1.86. The van der Waals surface area contributed by atoms with Crippen LogP contribution in [0.4, 0.5) is 5.69 Å². The molecule has 24 heavy (non-hydrogen) atoms. The van der Waals surface area contributed by atoms with Crippen molar-refractivity contribution in [3.05, 3.63) is 29.8 Å². The number of anilines is 1. The summed E-state index contributed by atoms with van der Waals surface area (Å²) in [7, 11) is 0. The van der Waals surface area contributed by atoms with Gasteiger partial charge in [0.05, 0.1) is 5.92 Å². The van der Waals surface area contributed by atoms with E-state index >= 15 is 0 Å². The van der Waals surface area contributed by atoms with Crippen LogP contribution < -0.4 is 10.2 Å². The van der Waals surface area contributed by atoms with E-state index in [1.807, 2.05) is 38.1 Å². The highest BCUT2D eigenvalue weighted by Gasteiger charge is 2.37. The second kappa shape index (κ2) is 7.47. The Kier molecular flexibility index (Phi) is 5.59. The quantitative estimate of drug-likeness (QED) is 0.834. The zero-order valence-electron chi connectivity index (χ0n) is 14.3. The van der Waals surface area contributed by atoms with E-state index in [4.69, 9.17) is 0 Å². The lowest BCUT2D eigenvalue weighted by Crippen LogP contribution is -2.47. The molecule has 0 radical (unpaired) electrons. The fourth-order valence-corrected chi connectivity index (χ4v) is 2.81. The number of nitrogens with zero attached hydrogens (tertiary/aromatic N) is 1. The van der Waals surface area contributed by atoms with Crippen molar-refractivity contribution in [1.82, 2.24) is 5.32 Å². The number of carboxylic acids is 1. The molecular weight excluding hydrogens is 308 g/mol. The van der Waals surface area contributed by atoms with Crippen LogP contribution in [0.25, 0.3) is 0 Å². The van der Waals surface area contributed by atoms with Crippen molar-refractivity contribution in [3.63, 3.8) is 0 Å². The van der Waals surface area contributed by atoms with E-state index in [1.165, 1.54) is 0 Å². The molecule has 1 aromatic rings. The zero-order valence-corrected chi connectivity index (χ0v) is 14.3. The molecule has 1 aromatic carbocycles. The van der Waals surface area contributed by atoms with Crippen LogP contribution in [0.5, 0.6) is 0 Å². The third kappa shape index (κ3) is 3.93. The first-order valence-corrected chi connectivity index (χ1v) is 8.23. The van der Waals surface area contributed by atoms with Crippen LogP contribution in [0.1, 0.15) is 32.3 Å². The van der Waals surface area contributed by atoms with Crippen LogP contribution in [0.2, 0.25) is 0 Å². The first-order chi connectivity index (χ1) is 11.3. The van der Waals surface area contributed by atoms with Crippen LogP contribution in [0, 0.1) is 18.8 Å². The second-order valence-electron chi connectivity index (χ2n) is 6.45. The van der Waals surface area contributed by atoms with Crippen molar-refractivity contribution in [1.29, 1.82) is 0 Å². The van der Waals surface area contributed by atoms with Crippen molar-refractivity contribution < 1.29 is 19.5 Å². The molecule has 1 saturated heterocycles. The third-order valence-corrected chi connectivity index (χ3v) is 4.62. The molecule has 3 unspecified atom stereocenters. The molecule has 0 bridgehead atoms. The van der Waals surface area contributed by atoms with Crippen molar-refractivity contribution in [3.8, 4) is 0 Å². The van der Waals surface area contributed by atoms with E-state index in [9.17, 15) is 19.5 Å². The molecule has 0 saturated carbocycles. The minimum Gasteiger partial charge on any atom is -0.480 e. The fourth-order valence-electron chi connectivity index (χ4n) is 2.81. The Hall–Kier alpha value is -2.37. The molecule has 6 nitrogen and oxygen atoms in total. The minimum atomic E-state index is -1.04. The molecule has 6 heteroatoms. The Bertz CT molecular complexity index is 626. The Balaban J connectivity index is 2.05. The molecule has 1 heterocycles. The average Bonchev–Trinajstić information content (AvgIpc) is 2.94. The molecule has 0 spiro atoms. The fraction of sp³-hybridized carbons (Fsp3) is 0.500. The highest BCUT2D eigenvalue weighted by Crippen LogP contribution is 2.25. The average molecular weight is 332 g/mol. The lowest BCUT2D eigenvalue weighted by atomic mass is 9.98. The van der Waals surface area contributed by atoms with Crippen LogP contribution in [-0.2, 0) is 14.4 Å². The third-order valence-electron chi connectivity index (χ3n) is 4.62. The van der Waals surface area contributed by atoms with E-state index in [0.717, 1.165) is 11.3 Å². The lowest BCUT2D eigenvalue weighted by molar-refractivity contribution is -0.143. The summed E-state index contributed by atoms with van der Waals surface area (Å²) in [5.74, 6) is -2.22. The van der Waals surface area contributed by atoms with Gasteiger partial charge in [0.25, 0.3) is 0 Å². The monoisotopic (exact) mass is 332 g/mol. The first kappa shape index (κ1) is 18.0. The van der Waals surface area contributed by atoms with E-state index in [0.29, 0.717) is 6.42 Å². The van der Waals surface area contributed by atoms with Crippen LogP contribution in [-0.4, -0.2) is 35.5 Å². The molecule has 2 rings (SSSR count). The maximum Gasteiger partial charge on any atom is 0.326 e. The Labute approximate surface area is 141 Å². The summed E-state index contributed by atoms with van der Waals surface area (Å²) in [5, 5.41) is 11.9. The number of rotatable bonds is 6. The summed E-state index contributed by atoms with van der Waals surface area (Å²) in [6.07, 6.45) is 0.753. The van der Waals surface area contributed by atoms with Crippen LogP contribution in [0.15, 0.2) is 24.3 Å². The number of aliphatic carboxylic acids is 1. The number of hydrogen-bond acceptors (Lipinski definition) is 3. The molecular formula is C18H24N2O4. The van der Waals surface area contributed by atoms with Gasteiger partial charge in [-0.1, -0.05) is 38.0 Å². The van der Waals surface area contributed by atoms with E-state index in [2.05, 4.69) is 5.32 Å². The predicted molar refractivity (Wildman–Crippen MR) is 90.7 cm³/mol. The number of hydrogen-bond donors (Lipinski definition) is 2. The molecule has 3 atom stereocenters. The van der Waals surface area contributed by atoms with E-state index in [-0.39, 0.29) is 30.7 Å². The minimum absolute atomic E-state index is 0.104. The van der Waals surface area contributed by atoms with Crippen LogP contribution >= 0.6 is 0 Å². The molecule has 1 aliphatic heterocycles. The van der Waals surface area contributed by atoms with Crippen molar-refractivity contribution >= 4 is 23.5 Å². The number of benzene rings is 1. The maximum atomic E-state index is 12.4. The Morgan fingerprint density at radius 2 is 1.96 bits per heavy atom. The number of amides is 2. The molecule has 2 amide bonds. The predicted octanol–water partition coefficient (Wildman–Crippen LogP) is 1.96. The Morgan fingerprint density at radius 1 is 1.33 bits per heavy atom. The van der Waals surface area contributed by atoms with Gasteiger partial charge < -0.3 is 15.3 Å². The second-order valence-corrected chi connectivity index (χ2v) is 6.45. The highest BCUT2D eigenvalue weighted by molar-refractivity contribution is 6.00. The lowest BCUT2D eigenvalue weighted by Gasteiger charge is -2.22. The maximum absolute atomic E-state index is 12.4. The van der Waals surface area contributed by atoms with Gasteiger partial charge in [0, 0.05) is 18.7 Å². The Morgan fingerprint density at radius 3 is 2.50 bits per heavy atom. The normalized spacial score (nSPS) is 19.9. The van der Waals surface area contributed by atoms with Crippen molar-refractivity contribution in [2.24, 2.45) is 11.8 Å². The van der Waals surface area contributed by atoms with Gasteiger partial charge in [-0.15, -0.1) is 0 Å². The summed E-state index contributed by atoms with van der Waals surface area (Å²) >= 11 is 0. The highest BCUT2D eigenvalue weighted by atomic mass is 16.4. The standard InChI is InChI=1S/C18H24N2O4/c1-4-12(3)16(18(23)24)19-17(22)13-9-15(21)20(10-13)14-7-5-11(2)6-8-14/h5-8,12-13,16H,4,9-10H2,1-3H3,(H,19,22)(H,23,24). The molecule has 1 aliphatic rings. The molecule has 2 N–H and O–H groups in total. The van der Waals surface area contributed by atoms with Gasteiger partial charge in [0.1, 0.15) is 6.04 Å². The topological polar surface area (TPSA) is 86.7 Å². The van der Waals surface area contributed by atoms with Gasteiger partial charge in [0.2, 0.25) is 11.8 Å². The van der Waals surface area contributed by atoms with Gasteiger partial charge in [-0.3, -0.25) is 9.59 Å². The molecule has 0 aliphatic carbocycles. The zero-order chi connectivity index (χ0) is 17.9. The van der Waals surface area contributed by atoms with Gasteiger partial charge in [0.15, 0.2) is 0 Å². The van der Waals surface area contributed by atoms with E-state index in [1.54, 1.807) is 11.8 Å². The number of nitrogens with one attached hydrogen (secondary N) is 1. The number of carbonyl (C=O) groups is 3. The first-order valence-electron chi connectivity index (χ1n) is 8.23. The summed E-state index contributed by atoms with van der Waals surface area (Å²) < 4.78 is 0. The van der Waals surface area contributed by atoms with Gasteiger partial charge in [-0.25, -0.2) is 4.79 Å². The molecule has 0 aromatic heterocycles. The summed E-state index contributed by atoms with van der Waals surface area (Å²) in [6, 6.07) is 6.61. The van der Waals surface area contributed by atoms with Crippen molar-refractivity contribution in [2.75, 3.05) is 11.4 Å². The van der Waals surface area contributed by atoms with E-state index < -0.39 is 17.9 Å². The van der Waals surface area contributed by atoms with Crippen LogP contribution in [0.3, 0.4) is 0 Å². The largest absolute Gasteiger partial charge is 0.480 e. The smallest absolute Gasteiger partial charge is 0.326 e. The van der Waals surface area contributed by atoms with Gasteiger partial charge >= 0.3 is 5.97 Å². The number of aryl methyl sites for hydroxylation is 1. The molecule has 130 valence electrons. The summed E-state index contributed by atoms with van der Waals surface area (Å²) in [6.45, 7) is 5.91. The number of carboxylic acid groups (broad SMARTS) is 1. The summed E-state index contributed by atoms with van der Waals surface area (Å²) in [4.78, 5) is 37.5. The van der Waals surface area contributed by atoms with Gasteiger partial charge in [-0.2, -0.15) is 0 Å².